The van der Waals surface area contributed by atoms with Crippen molar-refractivity contribution in [2.45, 2.75) is 13.8 Å². The summed E-state index contributed by atoms with van der Waals surface area (Å²) < 4.78 is 0. The molecule has 0 aliphatic heterocycles. The molecule has 8 heavy (non-hydrogen) atoms. The Morgan fingerprint density at radius 3 is 1.88 bits per heavy atom. The van der Waals surface area contributed by atoms with E-state index in [1.807, 2.05) is 13.8 Å². The van der Waals surface area contributed by atoms with Gasteiger partial charge in [-0.25, -0.2) is 0 Å². The first-order chi connectivity index (χ1) is 3.13. The highest BCUT2D eigenvalue weighted by Gasteiger charge is 1.80. The van der Waals surface area contributed by atoms with Crippen LogP contribution < -0.4 is 11.9 Å². The van der Waals surface area contributed by atoms with E-state index in [1.54, 1.807) is 0 Å². The monoisotopic (exact) mass is 116 g/mol. The fourth-order valence-corrected chi connectivity index (χ4v) is 0.285. The molecule has 0 rings (SSSR count). The van der Waals surface area contributed by atoms with Crippen molar-refractivity contribution >= 4 is 5.91 Å². The Hall–Kier alpha value is -0.830. The second-order valence-corrected chi connectivity index (χ2v) is 1.62. The van der Waals surface area contributed by atoms with Crippen LogP contribution in [0, 0.1) is 0 Å². The Balaban J connectivity index is 0. The summed E-state index contributed by atoms with van der Waals surface area (Å²) >= 11 is 0. The van der Waals surface area contributed by atoms with E-state index in [0.717, 1.165) is 5.57 Å². The number of hydrogen-bond acceptors (Lipinski definition) is 2. The molecular formula is C5H12N2O. The minimum absolute atomic E-state index is 0. The molecule has 0 aromatic heterocycles. The highest BCUT2D eigenvalue weighted by Crippen LogP contribution is 1.84. The van der Waals surface area contributed by atoms with Crippen molar-refractivity contribution < 1.29 is 4.79 Å². The number of amides is 1. The van der Waals surface area contributed by atoms with E-state index >= 15 is 0 Å². The molecule has 0 aliphatic rings. The van der Waals surface area contributed by atoms with E-state index < -0.39 is 0 Å². The van der Waals surface area contributed by atoms with Crippen LogP contribution in [0.3, 0.4) is 0 Å². The molecule has 0 bridgehead atoms. The van der Waals surface area contributed by atoms with Gasteiger partial charge in [0, 0.05) is 6.08 Å². The van der Waals surface area contributed by atoms with Gasteiger partial charge in [-0.1, -0.05) is 5.57 Å². The third-order valence-electron chi connectivity index (χ3n) is 0.431. The van der Waals surface area contributed by atoms with Crippen LogP contribution in [0.4, 0.5) is 0 Å². The number of carbonyl (C=O) groups is 1. The molecule has 0 saturated heterocycles. The summed E-state index contributed by atoms with van der Waals surface area (Å²) in [6.07, 6.45) is 1.39. The average molecular weight is 116 g/mol. The van der Waals surface area contributed by atoms with E-state index in [9.17, 15) is 4.79 Å². The first-order valence-corrected chi connectivity index (χ1v) is 2.07. The molecule has 0 saturated carbocycles. The molecule has 0 aromatic carbocycles. The van der Waals surface area contributed by atoms with E-state index in [1.165, 1.54) is 6.08 Å². The minimum atomic E-state index is -0.375. The second kappa shape index (κ2) is 4.33. The van der Waals surface area contributed by atoms with E-state index in [4.69, 9.17) is 5.73 Å². The molecular weight excluding hydrogens is 104 g/mol. The van der Waals surface area contributed by atoms with Gasteiger partial charge in [0.1, 0.15) is 0 Å². The zero-order valence-corrected chi connectivity index (χ0v) is 5.27. The average Bonchev–Trinajstić information content (AvgIpc) is 1.27. The van der Waals surface area contributed by atoms with Crippen molar-refractivity contribution in [3.63, 3.8) is 0 Å². The van der Waals surface area contributed by atoms with E-state index in [2.05, 4.69) is 0 Å². The third-order valence-corrected chi connectivity index (χ3v) is 0.431. The van der Waals surface area contributed by atoms with E-state index in [-0.39, 0.29) is 12.1 Å². The van der Waals surface area contributed by atoms with Crippen molar-refractivity contribution in [1.29, 1.82) is 0 Å². The Morgan fingerprint density at radius 2 is 1.88 bits per heavy atom. The molecule has 0 aliphatic carbocycles. The lowest BCUT2D eigenvalue weighted by atomic mass is 10.3. The van der Waals surface area contributed by atoms with Crippen molar-refractivity contribution in [1.82, 2.24) is 6.15 Å². The molecule has 0 atom stereocenters. The summed E-state index contributed by atoms with van der Waals surface area (Å²) in [6, 6.07) is 0. The van der Waals surface area contributed by atoms with Crippen LogP contribution in [0.25, 0.3) is 0 Å². The Morgan fingerprint density at radius 1 is 1.50 bits per heavy atom. The predicted molar refractivity (Wildman–Crippen MR) is 33.6 cm³/mol. The Bertz CT molecular complexity index is 103. The van der Waals surface area contributed by atoms with Gasteiger partial charge in [0.25, 0.3) is 0 Å². The number of nitrogens with two attached hydrogens (primary N) is 1. The number of allylic oxidation sites excluding steroid dienone is 1. The summed E-state index contributed by atoms with van der Waals surface area (Å²) in [7, 11) is 0. The van der Waals surface area contributed by atoms with Gasteiger partial charge < -0.3 is 11.9 Å². The van der Waals surface area contributed by atoms with Crippen LogP contribution in [-0.4, -0.2) is 5.91 Å². The van der Waals surface area contributed by atoms with Crippen LogP contribution in [-0.2, 0) is 4.79 Å². The fraction of sp³-hybridized carbons (Fsp3) is 0.400. The zero-order valence-electron chi connectivity index (χ0n) is 5.27. The molecule has 0 fully saturated rings. The van der Waals surface area contributed by atoms with Crippen LogP contribution in [0.2, 0.25) is 0 Å². The normalized spacial score (nSPS) is 6.75. The summed E-state index contributed by atoms with van der Waals surface area (Å²) in [5.74, 6) is -0.375. The zero-order chi connectivity index (χ0) is 5.86. The topological polar surface area (TPSA) is 78.1 Å². The first kappa shape index (κ1) is 10.2. The SMILES string of the molecule is CC(C)=CC(N)=O.N. The molecule has 5 N–H and O–H groups in total. The fourth-order valence-electron chi connectivity index (χ4n) is 0.285. The van der Waals surface area contributed by atoms with Crippen molar-refractivity contribution in [3.05, 3.63) is 11.6 Å². The van der Waals surface area contributed by atoms with Crippen molar-refractivity contribution in [2.75, 3.05) is 0 Å². The molecule has 1 amide bonds. The minimum Gasteiger partial charge on any atom is -0.366 e. The number of carbonyl (C=O) groups excluding carboxylic acids is 1. The maximum Gasteiger partial charge on any atom is 0.241 e. The van der Waals surface area contributed by atoms with Gasteiger partial charge in [-0.05, 0) is 13.8 Å². The van der Waals surface area contributed by atoms with Gasteiger partial charge in [-0.3, -0.25) is 4.79 Å². The number of primary amides is 1. The number of rotatable bonds is 1. The molecule has 0 radical (unpaired) electrons. The molecule has 3 nitrogen and oxygen atoms in total. The second-order valence-electron chi connectivity index (χ2n) is 1.62. The quantitative estimate of drug-likeness (QED) is 0.492. The molecule has 3 heteroatoms. The van der Waals surface area contributed by atoms with Gasteiger partial charge in [0.05, 0.1) is 0 Å². The summed E-state index contributed by atoms with van der Waals surface area (Å²) in [5, 5.41) is 0. The first-order valence-electron chi connectivity index (χ1n) is 2.07. The van der Waals surface area contributed by atoms with Gasteiger partial charge in [-0.15, -0.1) is 0 Å². The molecule has 0 spiro atoms. The molecule has 0 aromatic rings. The number of hydrogen-bond donors (Lipinski definition) is 2. The van der Waals surface area contributed by atoms with Crippen molar-refractivity contribution in [3.8, 4) is 0 Å². The lowest BCUT2D eigenvalue weighted by Crippen LogP contribution is -2.05. The summed E-state index contributed by atoms with van der Waals surface area (Å²) in [5.41, 5.74) is 5.72. The Labute approximate surface area is 49.1 Å². The van der Waals surface area contributed by atoms with Crippen LogP contribution >= 0.6 is 0 Å². The van der Waals surface area contributed by atoms with Gasteiger partial charge in [0.15, 0.2) is 0 Å². The lowest BCUT2D eigenvalue weighted by Gasteiger charge is -1.80. The van der Waals surface area contributed by atoms with Gasteiger partial charge >= 0.3 is 0 Å². The predicted octanol–water partition coefficient (Wildman–Crippen LogP) is 0.600. The maximum atomic E-state index is 9.96. The van der Waals surface area contributed by atoms with E-state index in [0.29, 0.717) is 0 Å². The third kappa shape index (κ3) is 8.95. The molecule has 0 heterocycles. The standard InChI is InChI=1S/C5H9NO.H3N/c1-4(2)3-5(6)7;/h3H,1-2H3,(H2,6,7);1H3. The maximum absolute atomic E-state index is 9.96. The highest BCUT2D eigenvalue weighted by atomic mass is 16.1. The highest BCUT2D eigenvalue weighted by molar-refractivity contribution is 5.86. The summed E-state index contributed by atoms with van der Waals surface area (Å²) in [6.45, 7) is 3.65. The lowest BCUT2D eigenvalue weighted by molar-refractivity contribution is -0.113. The van der Waals surface area contributed by atoms with Gasteiger partial charge in [-0.2, -0.15) is 0 Å². The Kier molecular flexibility index (Phi) is 5.53. The van der Waals surface area contributed by atoms with Gasteiger partial charge in [0.2, 0.25) is 5.91 Å². The van der Waals surface area contributed by atoms with Crippen LogP contribution in [0.15, 0.2) is 11.6 Å². The van der Waals surface area contributed by atoms with Crippen LogP contribution in [0.1, 0.15) is 13.8 Å². The smallest absolute Gasteiger partial charge is 0.241 e. The largest absolute Gasteiger partial charge is 0.366 e. The molecule has 48 valence electrons. The van der Waals surface area contributed by atoms with Crippen LogP contribution in [0.5, 0.6) is 0 Å². The van der Waals surface area contributed by atoms with Crippen molar-refractivity contribution in [2.24, 2.45) is 5.73 Å². The molecule has 0 unspecified atom stereocenters. The summed E-state index contributed by atoms with van der Waals surface area (Å²) in [4.78, 5) is 9.96.